The molecule has 23 heavy (non-hydrogen) atoms. The summed E-state index contributed by atoms with van der Waals surface area (Å²) in [6.45, 7) is 3.81. The second-order valence-corrected chi connectivity index (χ2v) is 5.89. The van der Waals surface area contributed by atoms with E-state index in [-0.39, 0.29) is 5.91 Å². The van der Waals surface area contributed by atoms with Gasteiger partial charge in [-0.15, -0.1) is 0 Å². The maximum absolute atomic E-state index is 12.1. The van der Waals surface area contributed by atoms with Gasteiger partial charge in [0.25, 0.3) is 5.91 Å². The van der Waals surface area contributed by atoms with E-state index in [1.165, 1.54) is 0 Å². The lowest BCUT2D eigenvalue weighted by Gasteiger charge is -2.30. The molecule has 0 N–H and O–H groups in total. The largest absolute Gasteiger partial charge is 0.479 e. The second-order valence-electron chi connectivity index (χ2n) is 5.89. The van der Waals surface area contributed by atoms with E-state index in [1.807, 2.05) is 54.0 Å². The van der Waals surface area contributed by atoms with Gasteiger partial charge in [-0.05, 0) is 43.7 Å². The highest BCUT2D eigenvalue weighted by atomic mass is 16.5. The monoisotopic (exact) mass is 307 g/mol. The molecule has 0 saturated heterocycles. The van der Waals surface area contributed by atoms with Crippen molar-refractivity contribution in [1.82, 2.24) is 9.38 Å². The van der Waals surface area contributed by atoms with Gasteiger partial charge in [-0.2, -0.15) is 0 Å². The topological polar surface area (TPSA) is 46.8 Å². The van der Waals surface area contributed by atoms with Crippen LogP contribution in [0.15, 0.2) is 42.7 Å². The summed E-state index contributed by atoms with van der Waals surface area (Å²) in [5.74, 6) is 0.684. The third-order valence-corrected chi connectivity index (χ3v) is 4.28. The van der Waals surface area contributed by atoms with Crippen LogP contribution in [0.1, 0.15) is 12.5 Å². The molecule has 1 aromatic carbocycles. The lowest BCUT2D eigenvalue weighted by atomic mass is 10.1. The van der Waals surface area contributed by atoms with E-state index in [0.29, 0.717) is 0 Å². The average molecular weight is 307 g/mol. The number of carbonyl (C=O) groups is 1. The molecule has 0 saturated carbocycles. The Morgan fingerprint density at radius 3 is 2.87 bits per heavy atom. The van der Waals surface area contributed by atoms with Crippen molar-refractivity contribution in [2.45, 2.75) is 20.0 Å². The van der Waals surface area contributed by atoms with Gasteiger partial charge in [-0.25, -0.2) is 4.98 Å². The van der Waals surface area contributed by atoms with Crippen molar-refractivity contribution in [2.24, 2.45) is 0 Å². The van der Waals surface area contributed by atoms with Crippen LogP contribution in [0.25, 0.3) is 16.9 Å². The first-order valence-electron chi connectivity index (χ1n) is 7.57. The zero-order valence-corrected chi connectivity index (χ0v) is 13.3. The number of fused-ring (bicyclic) bond motifs is 2. The fourth-order valence-electron chi connectivity index (χ4n) is 2.96. The van der Waals surface area contributed by atoms with E-state index < -0.39 is 6.10 Å². The van der Waals surface area contributed by atoms with Crippen LogP contribution < -0.4 is 9.64 Å². The molecule has 1 aliphatic rings. The van der Waals surface area contributed by atoms with E-state index in [4.69, 9.17) is 9.72 Å². The van der Waals surface area contributed by atoms with Crippen LogP contribution in [-0.2, 0) is 4.79 Å². The van der Waals surface area contributed by atoms with Crippen molar-refractivity contribution < 1.29 is 9.53 Å². The summed E-state index contributed by atoms with van der Waals surface area (Å²) in [7, 11) is 1.78. The molecule has 0 aliphatic carbocycles. The summed E-state index contributed by atoms with van der Waals surface area (Å²) >= 11 is 0. The van der Waals surface area contributed by atoms with E-state index in [2.05, 4.69) is 0 Å². The molecule has 1 aliphatic heterocycles. The third-order valence-electron chi connectivity index (χ3n) is 4.28. The number of nitrogens with zero attached hydrogens (tertiary/aromatic N) is 3. The van der Waals surface area contributed by atoms with Crippen LogP contribution in [-0.4, -0.2) is 28.4 Å². The Balaban J connectivity index is 1.83. The predicted octanol–water partition coefficient (Wildman–Crippen LogP) is 3.05. The molecule has 1 amide bonds. The first kappa shape index (κ1) is 13.8. The molecular weight excluding hydrogens is 290 g/mol. The Morgan fingerprint density at radius 1 is 1.26 bits per heavy atom. The Bertz CT molecular complexity index is 929. The molecule has 0 bridgehead atoms. The quantitative estimate of drug-likeness (QED) is 0.694. The summed E-state index contributed by atoms with van der Waals surface area (Å²) in [5, 5.41) is 0. The summed E-state index contributed by atoms with van der Waals surface area (Å²) in [6.07, 6.45) is 3.53. The molecule has 1 atom stereocenters. The number of rotatable bonds is 1. The summed E-state index contributed by atoms with van der Waals surface area (Å²) in [5.41, 5.74) is 4.68. The van der Waals surface area contributed by atoms with Gasteiger partial charge >= 0.3 is 0 Å². The number of anilines is 1. The Labute approximate surface area is 134 Å². The van der Waals surface area contributed by atoms with E-state index >= 15 is 0 Å². The van der Waals surface area contributed by atoms with Gasteiger partial charge in [0, 0.05) is 25.0 Å². The number of carbonyl (C=O) groups excluding carboxylic acids is 1. The molecule has 116 valence electrons. The second kappa shape index (κ2) is 4.84. The van der Waals surface area contributed by atoms with Crippen molar-refractivity contribution in [3.63, 3.8) is 0 Å². The Morgan fingerprint density at radius 2 is 2.09 bits per heavy atom. The van der Waals surface area contributed by atoms with Gasteiger partial charge in [0.05, 0.1) is 11.4 Å². The van der Waals surface area contributed by atoms with Crippen molar-refractivity contribution in [2.75, 3.05) is 11.9 Å². The van der Waals surface area contributed by atoms with Crippen molar-refractivity contribution in [1.29, 1.82) is 0 Å². The molecule has 1 unspecified atom stereocenters. The van der Waals surface area contributed by atoms with Crippen LogP contribution in [0.3, 0.4) is 0 Å². The van der Waals surface area contributed by atoms with Crippen LogP contribution in [0.2, 0.25) is 0 Å². The van der Waals surface area contributed by atoms with Crippen molar-refractivity contribution in [3.8, 4) is 17.0 Å². The molecule has 0 fully saturated rings. The highest BCUT2D eigenvalue weighted by molar-refractivity contribution is 6.00. The SMILES string of the molecule is Cc1cccn2cc(-c3ccc4c(c3)N(C)C(=O)C(C)O4)nc12. The minimum atomic E-state index is -0.448. The smallest absolute Gasteiger partial charge is 0.267 e. The number of aryl methyl sites for hydroxylation is 1. The van der Waals surface area contributed by atoms with Gasteiger partial charge < -0.3 is 14.0 Å². The van der Waals surface area contributed by atoms with Crippen molar-refractivity contribution >= 4 is 17.2 Å². The number of hydrogen-bond donors (Lipinski definition) is 0. The molecular formula is C18H17N3O2. The Kier molecular flexibility index (Phi) is 2.91. The first-order valence-corrected chi connectivity index (χ1v) is 7.57. The number of benzene rings is 1. The zero-order chi connectivity index (χ0) is 16.1. The molecule has 5 heteroatoms. The number of likely N-dealkylation sites (N-methyl/N-ethyl adjacent to an activating group) is 1. The molecule has 0 radical (unpaired) electrons. The van der Waals surface area contributed by atoms with Gasteiger partial charge in [0.2, 0.25) is 0 Å². The van der Waals surface area contributed by atoms with E-state index in [0.717, 1.165) is 33.9 Å². The van der Waals surface area contributed by atoms with Crippen molar-refractivity contribution in [3.05, 3.63) is 48.3 Å². The van der Waals surface area contributed by atoms with Gasteiger partial charge in [-0.3, -0.25) is 4.79 Å². The van der Waals surface area contributed by atoms with E-state index in [9.17, 15) is 4.79 Å². The number of pyridine rings is 1. The first-order chi connectivity index (χ1) is 11.0. The lowest BCUT2D eigenvalue weighted by molar-refractivity contribution is -0.125. The molecule has 2 aromatic heterocycles. The maximum Gasteiger partial charge on any atom is 0.267 e. The maximum atomic E-state index is 12.1. The number of ether oxygens (including phenoxy) is 1. The van der Waals surface area contributed by atoms with Gasteiger partial charge in [0.15, 0.2) is 6.10 Å². The molecule has 4 rings (SSSR count). The zero-order valence-electron chi connectivity index (χ0n) is 13.3. The minimum Gasteiger partial charge on any atom is -0.479 e. The molecule has 3 aromatic rings. The summed E-state index contributed by atoms with van der Waals surface area (Å²) < 4.78 is 7.68. The number of amides is 1. The number of hydrogen-bond acceptors (Lipinski definition) is 3. The highest BCUT2D eigenvalue weighted by Gasteiger charge is 2.29. The fraction of sp³-hybridized carbons (Fsp3) is 0.222. The van der Waals surface area contributed by atoms with Crippen LogP contribution >= 0.6 is 0 Å². The third kappa shape index (κ3) is 2.08. The van der Waals surface area contributed by atoms with Crippen LogP contribution in [0.4, 0.5) is 5.69 Å². The predicted molar refractivity (Wildman–Crippen MR) is 88.9 cm³/mol. The standard InChI is InChI=1S/C18H17N3O2/c1-11-5-4-8-21-10-14(19-17(11)21)13-6-7-16-15(9-13)20(3)18(22)12(2)23-16/h4-10,12H,1-3H3. The molecule has 5 nitrogen and oxygen atoms in total. The average Bonchev–Trinajstić information content (AvgIpc) is 2.98. The summed E-state index contributed by atoms with van der Waals surface area (Å²) in [6, 6.07) is 9.88. The van der Waals surface area contributed by atoms with Gasteiger partial charge in [-0.1, -0.05) is 6.07 Å². The number of imidazole rings is 1. The Hall–Kier alpha value is -2.82. The summed E-state index contributed by atoms with van der Waals surface area (Å²) in [4.78, 5) is 18.5. The van der Waals surface area contributed by atoms with Crippen LogP contribution in [0.5, 0.6) is 5.75 Å². The highest BCUT2D eigenvalue weighted by Crippen LogP contribution is 2.36. The van der Waals surface area contributed by atoms with E-state index in [1.54, 1.807) is 18.9 Å². The van der Waals surface area contributed by atoms with Gasteiger partial charge in [0.1, 0.15) is 11.4 Å². The normalized spacial score (nSPS) is 17.3. The molecule has 3 heterocycles. The minimum absolute atomic E-state index is 0.0412. The van der Waals surface area contributed by atoms with Crippen LogP contribution in [0, 0.1) is 6.92 Å². The number of aromatic nitrogens is 2. The molecule has 0 spiro atoms. The lowest BCUT2D eigenvalue weighted by Crippen LogP contribution is -2.41. The fourth-order valence-corrected chi connectivity index (χ4v) is 2.96.